The van der Waals surface area contributed by atoms with E-state index >= 15 is 0 Å². The first kappa shape index (κ1) is 30.4. The standard InChI is InChI=1S/C50H26N4O2/c51-27-29-16-19-42-40(24-29)48-44(21-18-38-36-11-3-6-15-46(36)56-50(38)48)54(42)34-23-30(28-52)22-32(26-34)31-8-7-9-33(25-31)53-41-13-4-1-12-39(41)47-43(53)20-17-37-35-10-2-5-14-45(35)55-49(37)47/h1-26H. The Labute approximate surface area is 318 Å². The van der Waals surface area contributed by atoms with Crippen LogP contribution in [-0.2, 0) is 0 Å². The van der Waals surface area contributed by atoms with Crippen LogP contribution in [0, 0.1) is 22.7 Å². The van der Waals surface area contributed by atoms with E-state index in [1.54, 1.807) is 0 Å². The zero-order valence-electron chi connectivity index (χ0n) is 29.6. The molecule has 0 saturated heterocycles. The van der Waals surface area contributed by atoms with Crippen LogP contribution in [0.3, 0.4) is 0 Å². The Kier molecular flexibility index (Phi) is 6.10. The zero-order valence-corrected chi connectivity index (χ0v) is 29.6. The van der Waals surface area contributed by atoms with Gasteiger partial charge in [-0.15, -0.1) is 0 Å². The van der Waals surface area contributed by atoms with Crippen LogP contribution < -0.4 is 0 Å². The second-order valence-electron chi connectivity index (χ2n) is 14.3. The Bertz CT molecular complexity index is 3750. The first-order valence-corrected chi connectivity index (χ1v) is 18.5. The predicted octanol–water partition coefficient (Wildman–Crippen LogP) is 13.1. The number of rotatable bonds is 3. The highest BCUT2D eigenvalue weighted by Crippen LogP contribution is 2.43. The summed E-state index contributed by atoms with van der Waals surface area (Å²) in [5, 5.41) is 28.6. The molecule has 0 spiro atoms. The lowest BCUT2D eigenvalue weighted by atomic mass is 10.0. The summed E-state index contributed by atoms with van der Waals surface area (Å²) in [5.41, 5.74) is 12.2. The van der Waals surface area contributed by atoms with Crippen LogP contribution in [0.4, 0.5) is 0 Å². The van der Waals surface area contributed by atoms with E-state index in [1.807, 2.05) is 66.7 Å². The van der Waals surface area contributed by atoms with Gasteiger partial charge in [0.05, 0.1) is 56.1 Å². The van der Waals surface area contributed by atoms with Gasteiger partial charge >= 0.3 is 0 Å². The molecule has 0 saturated carbocycles. The maximum atomic E-state index is 10.4. The number of benzene rings is 8. The average Bonchev–Trinajstić information content (AvgIpc) is 4.00. The van der Waals surface area contributed by atoms with Gasteiger partial charge in [-0.25, -0.2) is 0 Å². The van der Waals surface area contributed by atoms with Crippen LogP contribution in [0.25, 0.3) is 110 Å². The topological polar surface area (TPSA) is 83.7 Å². The van der Waals surface area contributed by atoms with Gasteiger partial charge in [0, 0.05) is 43.7 Å². The van der Waals surface area contributed by atoms with Crippen molar-refractivity contribution >= 4 is 87.5 Å². The zero-order chi connectivity index (χ0) is 37.1. The maximum absolute atomic E-state index is 10.4. The highest BCUT2D eigenvalue weighted by atomic mass is 16.3. The van der Waals surface area contributed by atoms with E-state index in [4.69, 9.17) is 8.83 Å². The van der Waals surface area contributed by atoms with Gasteiger partial charge in [-0.05, 0) is 102 Å². The van der Waals surface area contributed by atoms with Crippen molar-refractivity contribution in [3.8, 4) is 34.6 Å². The summed E-state index contributed by atoms with van der Waals surface area (Å²) in [4.78, 5) is 0. The molecule has 8 aromatic carbocycles. The van der Waals surface area contributed by atoms with Crippen LogP contribution >= 0.6 is 0 Å². The van der Waals surface area contributed by atoms with Crippen molar-refractivity contribution in [1.29, 1.82) is 10.5 Å². The van der Waals surface area contributed by atoms with Crippen molar-refractivity contribution in [2.75, 3.05) is 0 Å². The summed E-state index contributed by atoms with van der Waals surface area (Å²) in [7, 11) is 0. The molecule has 0 radical (unpaired) electrons. The number of furan rings is 2. The highest BCUT2D eigenvalue weighted by molar-refractivity contribution is 6.25. The molecule has 12 rings (SSSR count). The van der Waals surface area contributed by atoms with Crippen molar-refractivity contribution < 1.29 is 8.83 Å². The number of nitrogens with zero attached hydrogens (tertiary/aromatic N) is 4. The Balaban J connectivity index is 1.08. The second-order valence-corrected chi connectivity index (χ2v) is 14.3. The van der Waals surface area contributed by atoms with Crippen LogP contribution in [0.1, 0.15) is 11.1 Å². The molecule has 6 heteroatoms. The number of hydrogen-bond donors (Lipinski definition) is 0. The van der Waals surface area contributed by atoms with Gasteiger partial charge in [-0.1, -0.05) is 66.7 Å². The molecule has 0 bridgehead atoms. The summed E-state index contributed by atoms with van der Waals surface area (Å²) < 4.78 is 17.5. The van der Waals surface area contributed by atoms with E-state index in [1.165, 1.54) is 0 Å². The fourth-order valence-corrected chi connectivity index (χ4v) is 8.94. The predicted molar refractivity (Wildman–Crippen MR) is 225 cm³/mol. The number of hydrogen-bond acceptors (Lipinski definition) is 4. The van der Waals surface area contributed by atoms with Crippen LogP contribution in [0.5, 0.6) is 0 Å². The van der Waals surface area contributed by atoms with Gasteiger partial charge < -0.3 is 18.0 Å². The van der Waals surface area contributed by atoms with Crippen molar-refractivity contribution in [2.45, 2.75) is 0 Å². The molecule has 4 aromatic heterocycles. The molecule has 0 fully saturated rings. The Morgan fingerprint density at radius 1 is 0.375 bits per heavy atom. The van der Waals surface area contributed by atoms with Crippen LogP contribution in [0.15, 0.2) is 167 Å². The smallest absolute Gasteiger partial charge is 0.145 e. The van der Waals surface area contributed by atoms with Gasteiger partial charge in [0.15, 0.2) is 0 Å². The third kappa shape index (κ3) is 4.13. The first-order valence-electron chi connectivity index (χ1n) is 18.5. The Morgan fingerprint density at radius 3 is 1.64 bits per heavy atom. The molecule has 0 aliphatic rings. The number of nitriles is 2. The van der Waals surface area contributed by atoms with Gasteiger partial charge in [0.25, 0.3) is 0 Å². The molecule has 0 amide bonds. The largest absolute Gasteiger partial charge is 0.455 e. The van der Waals surface area contributed by atoms with E-state index < -0.39 is 0 Å². The van der Waals surface area contributed by atoms with E-state index in [2.05, 4.69) is 112 Å². The monoisotopic (exact) mass is 714 g/mol. The van der Waals surface area contributed by atoms with Crippen molar-refractivity contribution in [2.24, 2.45) is 0 Å². The molecule has 56 heavy (non-hydrogen) atoms. The quantitative estimate of drug-likeness (QED) is 0.182. The van der Waals surface area contributed by atoms with Crippen molar-refractivity contribution in [3.63, 3.8) is 0 Å². The SMILES string of the molecule is N#Cc1cc(-c2cccc(-n3c4ccccc4c4c5oc6ccccc6c5ccc43)c2)cc(-n2c3ccc(C#N)cc3c3c4oc5ccccc5c4ccc32)c1. The lowest BCUT2D eigenvalue weighted by molar-refractivity contribution is 0.672. The molecule has 0 aliphatic heterocycles. The van der Waals surface area contributed by atoms with Crippen molar-refractivity contribution in [1.82, 2.24) is 9.13 Å². The molecule has 0 atom stereocenters. The fraction of sp³-hybridized carbons (Fsp3) is 0. The summed E-state index contributed by atoms with van der Waals surface area (Å²) >= 11 is 0. The molecule has 258 valence electrons. The third-order valence-corrected chi connectivity index (χ3v) is 11.3. The lowest BCUT2D eigenvalue weighted by Crippen LogP contribution is -1.97. The van der Waals surface area contributed by atoms with Crippen LogP contribution in [0.2, 0.25) is 0 Å². The second kappa shape index (κ2) is 11.2. The lowest BCUT2D eigenvalue weighted by Gasteiger charge is -2.13. The Morgan fingerprint density at radius 2 is 0.946 bits per heavy atom. The van der Waals surface area contributed by atoms with Gasteiger partial charge in [-0.3, -0.25) is 0 Å². The normalized spacial score (nSPS) is 11.9. The average molecular weight is 715 g/mol. The van der Waals surface area contributed by atoms with E-state index in [9.17, 15) is 10.5 Å². The summed E-state index contributed by atoms with van der Waals surface area (Å²) in [6, 6.07) is 58.3. The van der Waals surface area contributed by atoms with Gasteiger partial charge in [-0.2, -0.15) is 10.5 Å². The third-order valence-electron chi connectivity index (χ3n) is 11.3. The molecule has 0 N–H and O–H groups in total. The van der Waals surface area contributed by atoms with Gasteiger partial charge in [0.2, 0.25) is 0 Å². The molecule has 4 heterocycles. The molecular formula is C50H26N4O2. The minimum atomic E-state index is 0.542. The molecule has 12 aromatic rings. The van der Waals surface area contributed by atoms with E-state index in [-0.39, 0.29) is 0 Å². The summed E-state index contributed by atoms with van der Waals surface area (Å²) in [6.45, 7) is 0. The van der Waals surface area contributed by atoms with Crippen molar-refractivity contribution in [3.05, 3.63) is 169 Å². The van der Waals surface area contributed by atoms with E-state index in [0.29, 0.717) is 11.1 Å². The van der Waals surface area contributed by atoms with Crippen LogP contribution in [-0.4, -0.2) is 9.13 Å². The first-order chi connectivity index (χ1) is 27.7. The number of fused-ring (bicyclic) bond motifs is 14. The Hall–Kier alpha value is -8.06. The molecule has 0 unspecified atom stereocenters. The molecule has 0 aliphatic carbocycles. The minimum absolute atomic E-state index is 0.542. The fourth-order valence-electron chi connectivity index (χ4n) is 8.94. The van der Waals surface area contributed by atoms with E-state index in [0.717, 1.165) is 110 Å². The molecular weight excluding hydrogens is 689 g/mol. The minimum Gasteiger partial charge on any atom is -0.455 e. The maximum Gasteiger partial charge on any atom is 0.145 e. The summed E-state index contributed by atoms with van der Waals surface area (Å²) in [6.07, 6.45) is 0. The summed E-state index contributed by atoms with van der Waals surface area (Å²) in [5.74, 6) is 0. The van der Waals surface area contributed by atoms with Gasteiger partial charge in [0.1, 0.15) is 22.3 Å². The molecule has 6 nitrogen and oxygen atoms in total. The number of aromatic nitrogens is 2. The highest BCUT2D eigenvalue weighted by Gasteiger charge is 2.21. The number of para-hydroxylation sites is 3.